The Hall–Kier alpha value is -7.42. The van der Waals surface area contributed by atoms with E-state index in [4.69, 9.17) is 0 Å². The Balaban J connectivity index is 1.30. The standard InChI is InChI=1S/C72H110F4N12O12/c1-14-44(5)59-68(98)81(9)45(6)63(93)88-37-33-53(88)66(96)83(11)55(40-46-24-17-16-18-25-46)67(97)86(15-2)42-57(89)77-51(32-30-47-29-31-49(50(73)39-47)72(74,75)76)64(94)87-36-23-28-52(87)62(92)79-71(34-21-22-35-71)70(100)85(13)60(48-26-19-20-27-48)69(99)84(12)56(65(95)80(7)8)41-58(90)82(10)54(38-43(3)4)61(91)78-59/h29,31,39,43-46,48,51-56,59-60H,14-28,30,32-38,40-42H2,1-13H3,(H,77,89)(H,78,91)(H,79,92)/t44-,45-,51-,52-,53-,54-,55-,56-,59-,60-/m0/s1. The van der Waals surface area contributed by atoms with Crippen LogP contribution < -0.4 is 16.0 Å². The molecule has 3 aliphatic heterocycles. The summed E-state index contributed by atoms with van der Waals surface area (Å²) in [5.41, 5.74) is -3.03. The molecule has 1 aromatic carbocycles. The molecule has 0 unspecified atom stereocenters. The highest BCUT2D eigenvalue weighted by atomic mass is 19.4. The lowest BCUT2D eigenvalue weighted by Crippen LogP contribution is -2.65. The molecule has 7 rings (SSSR count). The fraction of sp³-hybridized carbons (Fsp3) is 0.750. The SMILES string of the molecule is CC[C@H](C)[C@@H]1NC(=O)[C@H](CC(C)C)N(C)C(=O)C[C@@H](C(=O)N(C)C)N(C)C(=O)[C@H](C2CCCC2)N(C)C(=O)C2(CCCC2)NC(=O)[C@@H]2CCCN2C(=O)[C@H](CCc2ccc(C(F)(F)F)c(F)c2)NC(=O)CN(CC)C(=O)[C@H](CC2CCCCC2)N(C)C(=O)[C@@H]2CCN2C(=O)[C@H](C)N(C)C1=O. The van der Waals surface area contributed by atoms with Crippen molar-refractivity contribution >= 4 is 70.9 Å². The molecule has 0 aromatic heterocycles. The molecular formula is C72H110F4N12O12. The summed E-state index contributed by atoms with van der Waals surface area (Å²) in [6, 6.07) is -8.80. The van der Waals surface area contributed by atoms with Crippen molar-refractivity contribution in [3.8, 4) is 0 Å². The van der Waals surface area contributed by atoms with E-state index in [-0.39, 0.29) is 88.4 Å². The number of rotatable bonds is 12. The van der Waals surface area contributed by atoms with Gasteiger partial charge in [-0.25, -0.2) is 4.39 Å². The Bertz CT molecular complexity index is 3150. The van der Waals surface area contributed by atoms with Gasteiger partial charge in [0.2, 0.25) is 70.9 Å². The van der Waals surface area contributed by atoms with Crippen LogP contribution in [0.15, 0.2) is 18.2 Å². The minimum Gasteiger partial charge on any atom is -0.347 e. The highest BCUT2D eigenvalue weighted by molar-refractivity contribution is 6.01. The predicted molar refractivity (Wildman–Crippen MR) is 364 cm³/mol. The number of carbonyl (C=O) groups is 12. The van der Waals surface area contributed by atoms with Gasteiger partial charge in [0.05, 0.1) is 18.5 Å². The number of carbonyl (C=O) groups excluding carboxylic acids is 12. The van der Waals surface area contributed by atoms with Crippen molar-refractivity contribution in [1.82, 2.24) is 60.0 Å². The largest absolute Gasteiger partial charge is 0.419 e. The topological polar surface area (TPSA) is 270 Å². The van der Waals surface area contributed by atoms with Gasteiger partial charge in [-0.05, 0) is 126 Å². The number of hydrogen-bond acceptors (Lipinski definition) is 12. The van der Waals surface area contributed by atoms with E-state index in [1.54, 1.807) is 13.8 Å². The van der Waals surface area contributed by atoms with Crippen molar-refractivity contribution in [2.24, 2.45) is 23.7 Å². The maximum Gasteiger partial charge on any atom is 0.419 e. The highest BCUT2D eigenvalue weighted by Crippen LogP contribution is 2.38. The van der Waals surface area contributed by atoms with Gasteiger partial charge in [0.15, 0.2) is 0 Å². The molecule has 3 heterocycles. The number of nitrogens with one attached hydrogen (secondary N) is 3. The molecule has 1 spiro atoms. The van der Waals surface area contributed by atoms with Gasteiger partial charge in [0, 0.05) is 69.0 Å². The lowest BCUT2D eigenvalue weighted by molar-refractivity contribution is -0.160. The number of amides is 12. The Morgan fingerprint density at radius 3 is 1.86 bits per heavy atom. The molecule has 100 heavy (non-hydrogen) atoms. The fourth-order valence-corrected chi connectivity index (χ4v) is 15.7. The van der Waals surface area contributed by atoms with Gasteiger partial charge in [0.1, 0.15) is 65.7 Å². The summed E-state index contributed by atoms with van der Waals surface area (Å²) in [7, 11) is 10.1. The van der Waals surface area contributed by atoms with Gasteiger partial charge in [-0.3, -0.25) is 57.5 Å². The summed E-state index contributed by atoms with van der Waals surface area (Å²) in [6.45, 7) is 9.92. The van der Waals surface area contributed by atoms with Crippen molar-refractivity contribution in [3.63, 3.8) is 0 Å². The minimum atomic E-state index is -5.00. The van der Waals surface area contributed by atoms with Crippen LogP contribution in [0.25, 0.3) is 0 Å². The predicted octanol–water partition coefficient (Wildman–Crippen LogP) is 5.52. The first-order valence-electron chi connectivity index (χ1n) is 36.3. The first-order chi connectivity index (χ1) is 47.1. The van der Waals surface area contributed by atoms with Crippen LogP contribution in [-0.2, 0) is 70.1 Å². The van der Waals surface area contributed by atoms with E-state index in [1.807, 2.05) is 20.8 Å². The van der Waals surface area contributed by atoms with Crippen LogP contribution in [0.4, 0.5) is 17.6 Å². The van der Waals surface area contributed by atoms with E-state index >= 15 is 28.4 Å². The highest BCUT2D eigenvalue weighted by Gasteiger charge is 2.52. The quantitative estimate of drug-likeness (QED) is 0.219. The third-order valence-corrected chi connectivity index (χ3v) is 22.4. The number of benzene rings is 1. The Labute approximate surface area is 587 Å². The first kappa shape index (κ1) is 79.9. The normalized spacial score (nSPS) is 27.8. The van der Waals surface area contributed by atoms with Gasteiger partial charge < -0.3 is 60.0 Å². The average Bonchev–Trinajstić information content (AvgIpc) is 1.54. The third kappa shape index (κ3) is 18.4. The Morgan fingerprint density at radius 1 is 0.660 bits per heavy atom. The molecule has 24 nitrogen and oxygen atoms in total. The summed E-state index contributed by atoms with van der Waals surface area (Å²) in [5.74, 6) is -10.5. The van der Waals surface area contributed by atoms with Crippen LogP contribution in [0, 0.1) is 29.5 Å². The number of fused-ring (bicyclic) bond motifs is 2. The second kappa shape index (κ2) is 34.5. The zero-order chi connectivity index (χ0) is 74.0. The van der Waals surface area contributed by atoms with E-state index < -0.39 is 173 Å². The van der Waals surface area contributed by atoms with Crippen molar-refractivity contribution in [2.75, 3.05) is 75.5 Å². The number of halogens is 4. The number of alkyl halides is 3. The monoisotopic (exact) mass is 1410 g/mol. The number of likely N-dealkylation sites (N-methyl/N-ethyl adjacent to an activating group) is 7. The second-order valence-corrected chi connectivity index (χ2v) is 29.8. The molecule has 1 aromatic rings. The number of nitrogens with zero attached hydrogens (tertiary/aromatic N) is 9. The van der Waals surface area contributed by atoms with Crippen LogP contribution in [0.1, 0.15) is 188 Å². The third-order valence-electron chi connectivity index (χ3n) is 22.4. The molecule has 6 aliphatic rings. The fourth-order valence-electron chi connectivity index (χ4n) is 15.7. The molecule has 0 bridgehead atoms. The summed E-state index contributed by atoms with van der Waals surface area (Å²) in [4.78, 5) is 191. The van der Waals surface area contributed by atoms with Crippen LogP contribution in [0.5, 0.6) is 0 Å². The molecule has 558 valence electrons. The molecule has 12 amide bonds. The van der Waals surface area contributed by atoms with E-state index in [9.17, 15) is 46.7 Å². The summed E-state index contributed by atoms with van der Waals surface area (Å²) in [5, 5.41) is 8.71. The van der Waals surface area contributed by atoms with Gasteiger partial charge in [-0.2, -0.15) is 13.2 Å². The summed E-state index contributed by atoms with van der Waals surface area (Å²) >= 11 is 0. The molecule has 10 atom stereocenters. The van der Waals surface area contributed by atoms with Gasteiger partial charge in [-0.15, -0.1) is 0 Å². The molecule has 0 radical (unpaired) electrons. The second-order valence-electron chi connectivity index (χ2n) is 29.8. The number of hydrogen-bond donors (Lipinski definition) is 3. The molecule has 28 heteroatoms. The lowest BCUT2D eigenvalue weighted by Gasteiger charge is -2.45. The van der Waals surface area contributed by atoms with Crippen molar-refractivity contribution in [3.05, 3.63) is 35.1 Å². The average molecular weight is 1410 g/mol. The molecule has 3 saturated carbocycles. The smallest absolute Gasteiger partial charge is 0.347 e. The minimum absolute atomic E-state index is 0.000411. The van der Waals surface area contributed by atoms with E-state index in [1.165, 1.54) is 100 Å². The van der Waals surface area contributed by atoms with Gasteiger partial charge in [-0.1, -0.05) is 98.0 Å². The van der Waals surface area contributed by atoms with Crippen molar-refractivity contribution in [2.45, 2.75) is 249 Å². The van der Waals surface area contributed by atoms with Gasteiger partial charge in [0.25, 0.3) is 0 Å². The lowest BCUT2D eigenvalue weighted by atomic mass is 9.84. The number of aryl methyl sites for hydroxylation is 1. The van der Waals surface area contributed by atoms with Crippen LogP contribution in [0.2, 0.25) is 0 Å². The maximum atomic E-state index is 15.6. The summed E-state index contributed by atoms with van der Waals surface area (Å²) in [6.07, 6.45) is 3.34. The molecular weight excluding hydrogens is 1300 g/mol. The maximum absolute atomic E-state index is 15.6. The van der Waals surface area contributed by atoms with Gasteiger partial charge >= 0.3 is 6.18 Å². The van der Waals surface area contributed by atoms with E-state index in [0.717, 1.165) is 51.0 Å². The Morgan fingerprint density at radius 2 is 1.29 bits per heavy atom. The first-order valence-corrected chi connectivity index (χ1v) is 36.3. The molecule has 3 N–H and O–H groups in total. The summed E-state index contributed by atoms with van der Waals surface area (Å²) < 4.78 is 56.3. The molecule has 3 aliphatic carbocycles. The van der Waals surface area contributed by atoms with Crippen LogP contribution in [0.3, 0.4) is 0 Å². The van der Waals surface area contributed by atoms with Crippen molar-refractivity contribution in [1.29, 1.82) is 0 Å². The zero-order valence-electron chi connectivity index (χ0n) is 61.1. The molecule has 3 saturated heterocycles. The van der Waals surface area contributed by atoms with E-state index in [2.05, 4.69) is 16.0 Å². The Kier molecular flexibility index (Phi) is 27.6. The zero-order valence-corrected chi connectivity index (χ0v) is 61.1. The van der Waals surface area contributed by atoms with Crippen molar-refractivity contribution < 1.29 is 75.1 Å². The van der Waals surface area contributed by atoms with Crippen LogP contribution >= 0.6 is 0 Å². The van der Waals surface area contributed by atoms with E-state index in [0.29, 0.717) is 50.7 Å². The van der Waals surface area contributed by atoms with Crippen LogP contribution in [-0.4, -0.2) is 250 Å². The molecule has 6 fully saturated rings.